The van der Waals surface area contributed by atoms with Crippen molar-refractivity contribution in [2.45, 2.75) is 6.18 Å². The molecule has 3 aromatic heterocycles. The molecule has 4 rings (SSSR count). The minimum absolute atomic E-state index is 0.0809. The minimum Gasteiger partial charge on any atom is -0.472 e. The normalized spacial score (nSPS) is 11.7. The molecule has 0 unspecified atom stereocenters. The van der Waals surface area contributed by atoms with Crippen LogP contribution in [-0.4, -0.2) is 16.6 Å². The van der Waals surface area contributed by atoms with Gasteiger partial charge in [0.25, 0.3) is 5.56 Å². The lowest BCUT2D eigenvalue weighted by molar-refractivity contribution is -0.141. The fourth-order valence-corrected chi connectivity index (χ4v) is 3.17. The summed E-state index contributed by atoms with van der Waals surface area (Å²) in [4.78, 5) is 17.2. The zero-order valence-electron chi connectivity index (χ0n) is 14.6. The van der Waals surface area contributed by atoms with Gasteiger partial charge in [0.1, 0.15) is 11.3 Å². The van der Waals surface area contributed by atoms with E-state index in [4.69, 9.17) is 4.42 Å². The molecule has 0 aliphatic heterocycles. The Labute approximate surface area is 157 Å². The van der Waals surface area contributed by atoms with Crippen LogP contribution >= 0.6 is 0 Å². The molecule has 3 heterocycles. The number of anilines is 1. The number of halogens is 3. The molecule has 1 N–H and O–H groups in total. The first-order valence-electron chi connectivity index (χ1n) is 8.34. The van der Waals surface area contributed by atoms with Crippen LogP contribution in [-0.2, 0) is 6.18 Å². The maximum atomic E-state index is 13.4. The Morgan fingerprint density at radius 1 is 1.07 bits per heavy atom. The van der Waals surface area contributed by atoms with E-state index in [0.29, 0.717) is 22.3 Å². The van der Waals surface area contributed by atoms with Crippen molar-refractivity contribution in [1.29, 1.82) is 0 Å². The van der Waals surface area contributed by atoms with Gasteiger partial charge in [-0.05, 0) is 30.3 Å². The van der Waals surface area contributed by atoms with Crippen LogP contribution in [0.2, 0.25) is 0 Å². The van der Waals surface area contributed by atoms with E-state index in [2.05, 4.69) is 10.3 Å². The van der Waals surface area contributed by atoms with Gasteiger partial charge in [-0.2, -0.15) is 13.2 Å². The third-order valence-corrected chi connectivity index (χ3v) is 4.39. The predicted molar refractivity (Wildman–Crippen MR) is 99.6 cm³/mol. The zero-order valence-corrected chi connectivity index (χ0v) is 14.6. The number of aromatic nitrogens is 2. The smallest absolute Gasteiger partial charge is 0.433 e. The number of nitrogens with one attached hydrogen (secondary N) is 1. The number of para-hydroxylation sites is 1. The molecule has 0 fully saturated rings. The lowest BCUT2D eigenvalue weighted by atomic mass is 10.0. The highest BCUT2D eigenvalue weighted by atomic mass is 19.4. The van der Waals surface area contributed by atoms with Crippen LogP contribution in [0.25, 0.3) is 27.8 Å². The minimum atomic E-state index is -4.63. The van der Waals surface area contributed by atoms with Gasteiger partial charge in [-0.25, -0.2) is 4.98 Å². The number of nitrogens with zero attached hydrogens (tertiary/aromatic N) is 2. The van der Waals surface area contributed by atoms with Gasteiger partial charge in [-0.3, -0.25) is 9.36 Å². The third-order valence-electron chi connectivity index (χ3n) is 4.39. The summed E-state index contributed by atoms with van der Waals surface area (Å²) >= 11 is 0. The maximum Gasteiger partial charge on any atom is 0.433 e. The van der Waals surface area contributed by atoms with Crippen LogP contribution in [0.3, 0.4) is 0 Å². The molecular formula is C20H14F3N3O2. The van der Waals surface area contributed by atoms with Crippen LogP contribution in [0.4, 0.5) is 18.9 Å². The van der Waals surface area contributed by atoms with Crippen molar-refractivity contribution in [3.05, 3.63) is 77.1 Å². The van der Waals surface area contributed by atoms with E-state index in [-0.39, 0.29) is 11.2 Å². The molecule has 0 aliphatic rings. The molecule has 8 heteroatoms. The summed E-state index contributed by atoms with van der Waals surface area (Å²) < 4.78 is 46.1. The van der Waals surface area contributed by atoms with Crippen molar-refractivity contribution in [1.82, 2.24) is 9.55 Å². The van der Waals surface area contributed by atoms with E-state index in [0.717, 1.165) is 6.07 Å². The van der Waals surface area contributed by atoms with Gasteiger partial charge in [0.2, 0.25) is 0 Å². The number of rotatable bonds is 3. The topological polar surface area (TPSA) is 60.1 Å². The van der Waals surface area contributed by atoms with Gasteiger partial charge < -0.3 is 9.73 Å². The van der Waals surface area contributed by atoms with Gasteiger partial charge in [0.15, 0.2) is 0 Å². The van der Waals surface area contributed by atoms with Crippen molar-refractivity contribution in [2.24, 2.45) is 0 Å². The fourth-order valence-electron chi connectivity index (χ4n) is 3.17. The van der Waals surface area contributed by atoms with E-state index in [1.807, 2.05) is 0 Å². The molecular weight excluding hydrogens is 371 g/mol. The Bertz CT molecular complexity index is 1200. The SMILES string of the molecule is CNc1c(-c2ccoc2)c(=O)n(-c2ccccc2)c2nc(C(F)(F)F)ccc12. The van der Waals surface area contributed by atoms with Crippen LogP contribution in [0.1, 0.15) is 5.69 Å². The Balaban J connectivity index is 2.20. The summed E-state index contributed by atoms with van der Waals surface area (Å²) in [5.74, 6) is 0. The van der Waals surface area contributed by atoms with Gasteiger partial charge in [-0.15, -0.1) is 0 Å². The van der Waals surface area contributed by atoms with Gasteiger partial charge in [-0.1, -0.05) is 18.2 Å². The monoisotopic (exact) mass is 385 g/mol. The van der Waals surface area contributed by atoms with Crippen LogP contribution in [0.15, 0.2) is 70.3 Å². The molecule has 0 radical (unpaired) electrons. The first-order chi connectivity index (χ1) is 13.4. The van der Waals surface area contributed by atoms with Crippen molar-refractivity contribution in [2.75, 3.05) is 12.4 Å². The molecule has 142 valence electrons. The largest absolute Gasteiger partial charge is 0.472 e. The van der Waals surface area contributed by atoms with E-state index in [1.165, 1.54) is 23.2 Å². The molecule has 28 heavy (non-hydrogen) atoms. The lowest BCUT2D eigenvalue weighted by Crippen LogP contribution is -2.24. The molecule has 0 bridgehead atoms. The van der Waals surface area contributed by atoms with E-state index in [9.17, 15) is 18.0 Å². The van der Waals surface area contributed by atoms with Crippen molar-refractivity contribution >= 4 is 16.7 Å². The molecule has 0 saturated heterocycles. The standard InChI is InChI=1S/C20H14F3N3O2/c1-24-17-14-7-8-15(20(21,22)23)25-18(14)26(13-5-3-2-4-6-13)19(27)16(17)12-9-10-28-11-12/h2-11,24H,1H3. The number of furan rings is 1. The molecule has 0 aliphatic carbocycles. The number of hydrogen-bond donors (Lipinski definition) is 1. The highest BCUT2D eigenvalue weighted by molar-refractivity contribution is 5.98. The molecule has 5 nitrogen and oxygen atoms in total. The summed E-state index contributed by atoms with van der Waals surface area (Å²) in [6.45, 7) is 0. The first kappa shape index (κ1) is 17.8. The third kappa shape index (κ3) is 2.83. The summed E-state index contributed by atoms with van der Waals surface area (Å²) in [7, 11) is 1.60. The zero-order chi connectivity index (χ0) is 19.9. The van der Waals surface area contributed by atoms with Crippen LogP contribution in [0, 0.1) is 0 Å². The first-order valence-corrected chi connectivity index (χ1v) is 8.34. The van der Waals surface area contributed by atoms with Crippen LogP contribution < -0.4 is 10.9 Å². The van der Waals surface area contributed by atoms with E-state index >= 15 is 0 Å². The highest BCUT2D eigenvalue weighted by Gasteiger charge is 2.33. The van der Waals surface area contributed by atoms with Crippen molar-refractivity contribution < 1.29 is 17.6 Å². The maximum absolute atomic E-state index is 13.4. The molecule has 0 atom stereocenters. The Hall–Kier alpha value is -3.55. The second-order valence-electron chi connectivity index (χ2n) is 6.05. The van der Waals surface area contributed by atoms with Crippen molar-refractivity contribution in [3.63, 3.8) is 0 Å². The second kappa shape index (κ2) is 6.56. The highest BCUT2D eigenvalue weighted by Crippen LogP contribution is 2.35. The van der Waals surface area contributed by atoms with E-state index < -0.39 is 17.4 Å². The quantitative estimate of drug-likeness (QED) is 0.555. The molecule has 4 aromatic rings. The average molecular weight is 385 g/mol. The average Bonchev–Trinajstić information content (AvgIpc) is 3.20. The Kier molecular flexibility index (Phi) is 4.18. The summed E-state index contributed by atoms with van der Waals surface area (Å²) in [6.07, 6.45) is -1.79. The summed E-state index contributed by atoms with van der Waals surface area (Å²) in [5.41, 5.74) is -0.0531. The molecule has 1 aromatic carbocycles. The van der Waals surface area contributed by atoms with Gasteiger partial charge >= 0.3 is 6.18 Å². The van der Waals surface area contributed by atoms with Gasteiger partial charge in [0.05, 0.1) is 29.5 Å². The number of pyridine rings is 2. The van der Waals surface area contributed by atoms with E-state index in [1.54, 1.807) is 43.4 Å². The van der Waals surface area contributed by atoms with Gasteiger partial charge in [0, 0.05) is 18.0 Å². The van der Waals surface area contributed by atoms with Crippen LogP contribution in [0.5, 0.6) is 0 Å². The Morgan fingerprint density at radius 2 is 1.82 bits per heavy atom. The van der Waals surface area contributed by atoms with Crippen molar-refractivity contribution in [3.8, 4) is 16.8 Å². The second-order valence-corrected chi connectivity index (χ2v) is 6.05. The molecule has 0 saturated carbocycles. The molecule has 0 amide bonds. The molecule has 0 spiro atoms. The Morgan fingerprint density at radius 3 is 2.43 bits per heavy atom. The number of alkyl halides is 3. The number of fused-ring (bicyclic) bond motifs is 1. The number of hydrogen-bond acceptors (Lipinski definition) is 4. The number of benzene rings is 1. The summed E-state index contributed by atoms with van der Waals surface area (Å²) in [6, 6.07) is 12.3. The lowest BCUT2D eigenvalue weighted by Gasteiger charge is -2.18. The fraction of sp³-hybridized carbons (Fsp3) is 0.100. The summed E-state index contributed by atoms with van der Waals surface area (Å²) in [5, 5.41) is 3.31. The predicted octanol–water partition coefficient (Wildman–Crippen LogP) is 4.71.